The van der Waals surface area contributed by atoms with Gasteiger partial charge in [-0.25, -0.2) is 4.98 Å². The van der Waals surface area contributed by atoms with Crippen molar-refractivity contribution in [3.05, 3.63) is 23.9 Å². The van der Waals surface area contributed by atoms with Gasteiger partial charge in [0.05, 0.1) is 5.56 Å². The summed E-state index contributed by atoms with van der Waals surface area (Å²) in [5, 5.41) is 2.60. The molecule has 0 atom stereocenters. The van der Waals surface area contributed by atoms with Crippen LogP contribution in [0.25, 0.3) is 0 Å². The third-order valence-corrected chi connectivity index (χ3v) is 3.20. The van der Waals surface area contributed by atoms with Crippen LogP contribution in [0.3, 0.4) is 0 Å². The maximum absolute atomic E-state index is 12.7. The van der Waals surface area contributed by atoms with Crippen LogP contribution < -0.4 is 5.32 Å². The number of nitrogens with zero attached hydrogens (tertiary/aromatic N) is 2. The Balaban J connectivity index is 1.89. The molecule has 0 bridgehead atoms. The maximum Gasteiger partial charge on any atom is 0.419 e. The summed E-state index contributed by atoms with van der Waals surface area (Å²) < 4.78 is 38.2. The van der Waals surface area contributed by atoms with E-state index >= 15 is 0 Å². The number of amides is 1. The Morgan fingerprint density at radius 2 is 2.05 bits per heavy atom. The fourth-order valence-corrected chi connectivity index (χ4v) is 2.19. The Labute approximate surface area is 115 Å². The highest BCUT2D eigenvalue weighted by molar-refractivity contribution is 5.77. The van der Waals surface area contributed by atoms with E-state index in [0.717, 1.165) is 32.0 Å². The summed E-state index contributed by atoms with van der Waals surface area (Å²) in [5.41, 5.74) is -0.811. The van der Waals surface area contributed by atoms with Gasteiger partial charge in [0.1, 0.15) is 5.82 Å². The van der Waals surface area contributed by atoms with E-state index in [9.17, 15) is 18.0 Å². The van der Waals surface area contributed by atoms with Crippen LogP contribution in [-0.4, -0.2) is 35.4 Å². The molecule has 20 heavy (non-hydrogen) atoms. The van der Waals surface area contributed by atoms with Crippen molar-refractivity contribution in [2.24, 2.45) is 0 Å². The van der Waals surface area contributed by atoms with Gasteiger partial charge in [0, 0.05) is 32.3 Å². The van der Waals surface area contributed by atoms with Gasteiger partial charge in [0.15, 0.2) is 0 Å². The number of anilines is 1. The third kappa shape index (κ3) is 3.61. The van der Waals surface area contributed by atoms with Gasteiger partial charge in [-0.2, -0.15) is 13.2 Å². The standard InChI is InChI=1S/C13H16F3N3O/c14-13(15,16)10-4-3-6-17-12(10)18-7-5-11(20)19-8-1-2-9-19/h3-4,6H,1-2,5,7-9H2,(H,17,18). The van der Waals surface area contributed by atoms with Crippen LogP contribution >= 0.6 is 0 Å². The van der Waals surface area contributed by atoms with E-state index in [0.29, 0.717) is 0 Å². The molecule has 2 rings (SSSR count). The van der Waals surface area contributed by atoms with Crippen molar-refractivity contribution < 1.29 is 18.0 Å². The summed E-state index contributed by atoms with van der Waals surface area (Å²) >= 11 is 0. The van der Waals surface area contributed by atoms with Crippen molar-refractivity contribution in [2.75, 3.05) is 25.0 Å². The van der Waals surface area contributed by atoms with E-state index in [2.05, 4.69) is 10.3 Å². The molecule has 0 aromatic carbocycles. The Bertz CT molecular complexity index is 470. The number of rotatable bonds is 4. The quantitative estimate of drug-likeness (QED) is 0.925. The first kappa shape index (κ1) is 14.6. The number of hydrogen-bond acceptors (Lipinski definition) is 3. The molecule has 0 spiro atoms. The molecule has 0 unspecified atom stereocenters. The summed E-state index contributed by atoms with van der Waals surface area (Å²) in [4.78, 5) is 17.2. The van der Waals surface area contributed by atoms with Crippen LogP contribution in [0.15, 0.2) is 18.3 Å². The molecule has 110 valence electrons. The molecule has 0 radical (unpaired) electrons. The van der Waals surface area contributed by atoms with Gasteiger partial charge >= 0.3 is 6.18 Å². The van der Waals surface area contributed by atoms with Crippen LogP contribution in [0, 0.1) is 0 Å². The summed E-state index contributed by atoms with van der Waals surface area (Å²) in [5.74, 6) is -0.256. The van der Waals surface area contributed by atoms with Gasteiger partial charge in [-0.15, -0.1) is 0 Å². The zero-order valence-corrected chi connectivity index (χ0v) is 10.9. The van der Waals surface area contributed by atoms with Crippen LogP contribution in [0.5, 0.6) is 0 Å². The molecule has 1 aliphatic rings. The van der Waals surface area contributed by atoms with Gasteiger partial charge in [0.25, 0.3) is 0 Å². The van der Waals surface area contributed by atoms with E-state index in [1.165, 1.54) is 12.3 Å². The average molecular weight is 287 g/mol. The topological polar surface area (TPSA) is 45.2 Å². The lowest BCUT2D eigenvalue weighted by molar-refractivity contribution is -0.137. The summed E-state index contributed by atoms with van der Waals surface area (Å²) in [7, 11) is 0. The zero-order chi connectivity index (χ0) is 14.6. The molecule has 1 N–H and O–H groups in total. The largest absolute Gasteiger partial charge is 0.419 e. The minimum Gasteiger partial charge on any atom is -0.369 e. The summed E-state index contributed by atoms with van der Waals surface area (Å²) in [6.45, 7) is 1.64. The minimum atomic E-state index is -4.45. The second-order valence-corrected chi connectivity index (χ2v) is 4.66. The fourth-order valence-electron chi connectivity index (χ4n) is 2.19. The summed E-state index contributed by atoms with van der Waals surface area (Å²) in [6, 6.07) is 2.21. The van der Waals surface area contributed by atoms with E-state index < -0.39 is 11.7 Å². The van der Waals surface area contributed by atoms with E-state index in [1.807, 2.05) is 0 Å². The molecule has 0 saturated carbocycles. The predicted octanol–water partition coefficient (Wildman–Crippen LogP) is 2.52. The Morgan fingerprint density at radius 3 is 2.70 bits per heavy atom. The van der Waals surface area contributed by atoms with Gasteiger partial charge in [0.2, 0.25) is 5.91 Å². The van der Waals surface area contributed by atoms with Crippen LogP contribution in [0.1, 0.15) is 24.8 Å². The fraction of sp³-hybridized carbons (Fsp3) is 0.538. The Kier molecular flexibility index (Phi) is 4.46. The minimum absolute atomic E-state index is 0.0283. The first-order valence-electron chi connectivity index (χ1n) is 6.52. The van der Waals surface area contributed by atoms with Crippen molar-refractivity contribution in [2.45, 2.75) is 25.4 Å². The predicted molar refractivity (Wildman–Crippen MR) is 68.2 cm³/mol. The van der Waals surface area contributed by atoms with Gasteiger partial charge in [-0.1, -0.05) is 0 Å². The molecule has 1 fully saturated rings. The van der Waals surface area contributed by atoms with Crippen LogP contribution in [0.2, 0.25) is 0 Å². The number of carbonyl (C=O) groups is 1. The lowest BCUT2D eigenvalue weighted by atomic mass is 10.2. The smallest absolute Gasteiger partial charge is 0.369 e. The van der Waals surface area contributed by atoms with Crippen molar-refractivity contribution in [1.29, 1.82) is 0 Å². The zero-order valence-electron chi connectivity index (χ0n) is 10.9. The van der Waals surface area contributed by atoms with Crippen molar-refractivity contribution in [1.82, 2.24) is 9.88 Å². The molecule has 2 heterocycles. The second kappa shape index (κ2) is 6.11. The SMILES string of the molecule is O=C(CCNc1ncccc1C(F)(F)F)N1CCCC1. The normalized spacial score (nSPS) is 15.4. The number of aromatic nitrogens is 1. The molecule has 1 saturated heterocycles. The second-order valence-electron chi connectivity index (χ2n) is 4.66. The number of pyridine rings is 1. The molecular formula is C13H16F3N3O. The summed E-state index contributed by atoms with van der Waals surface area (Å²) in [6.07, 6.45) is -0.988. The Hall–Kier alpha value is -1.79. The maximum atomic E-state index is 12.7. The Morgan fingerprint density at radius 1 is 1.35 bits per heavy atom. The van der Waals surface area contributed by atoms with Crippen molar-refractivity contribution >= 4 is 11.7 Å². The molecule has 1 aliphatic heterocycles. The molecular weight excluding hydrogens is 271 g/mol. The number of carbonyl (C=O) groups excluding carboxylic acids is 1. The van der Waals surface area contributed by atoms with E-state index in [-0.39, 0.29) is 24.7 Å². The first-order chi connectivity index (χ1) is 9.48. The van der Waals surface area contributed by atoms with Gasteiger partial charge in [-0.05, 0) is 25.0 Å². The monoisotopic (exact) mass is 287 g/mol. The molecule has 0 aliphatic carbocycles. The first-order valence-corrected chi connectivity index (χ1v) is 6.52. The van der Waals surface area contributed by atoms with E-state index in [4.69, 9.17) is 0 Å². The number of likely N-dealkylation sites (tertiary alicyclic amines) is 1. The molecule has 1 aromatic heterocycles. The van der Waals surface area contributed by atoms with Gasteiger partial charge < -0.3 is 10.2 Å². The number of alkyl halides is 3. The third-order valence-electron chi connectivity index (χ3n) is 3.20. The van der Waals surface area contributed by atoms with E-state index in [1.54, 1.807) is 4.90 Å². The van der Waals surface area contributed by atoms with Crippen molar-refractivity contribution in [3.8, 4) is 0 Å². The average Bonchev–Trinajstić information content (AvgIpc) is 2.92. The molecule has 1 aromatic rings. The van der Waals surface area contributed by atoms with Crippen molar-refractivity contribution in [3.63, 3.8) is 0 Å². The van der Waals surface area contributed by atoms with Crippen LogP contribution in [0.4, 0.5) is 19.0 Å². The highest BCUT2D eigenvalue weighted by Crippen LogP contribution is 2.33. The molecule has 1 amide bonds. The number of halogens is 3. The number of hydrogen-bond donors (Lipinski definition) is 1. The number of nitrogens with one attached hydrogen (secondary N) is 1. The lowest BCUT2D eigenvalue weighted by Gasteiger charge is -2.16. The molecule has 7 heteroatoms. The highest BCUT2D eigenvalue weighted by atomic mass is 19.4. The highest BCUT2D eigenvalue weighted by Gasteiger charge is 2.34. The lowest BCUT2D eigenvalue weighted by Crippen LogP contribution is -2.29. The van der Waals surface area contributed by atoms with Gasteiger partial charge in [-0.3, -0.25) is 4.79 Å². The van der Waals surface area contributed by atoms with Crippen LogP contribution in [-0.2, 0) is 11.0 Å². The molecule has 4 nitrogen and oxygen atoms in total.